The molecule has 0 saturated heterocycles. The molecule has 0 aromatic carbocycles. The van der Waals surface area contributed by atoms with E-state index < -0.39 is 0 Å². The number of unbranched alkanes of at least 4 members (excludes halogenated alkanes) is 4. The second-order valence-corrected chi connectivity index (χ2v) is 10.7. The third kappa shape index (κ3) is 26.9. The summed E-state index contributed by atoms with van der Waals surface area (Å²) in [6, 6.07) is 0. The molecule has 0 bridgehead atoms. The summed E-state index contributed by atoms with van der Waals surface area (Å²) in [7, 11) is 0. The monoisotopic (exact) mass is 550 g/mol. The number of aliphatic hydroxyl groups is 2. The van der Waals surface area contributed by atoms with Crippen LogP contribution in [0.4, 0.5) is 0 Å². The van der Waals surface area contributed by atoms with Crippen LogP contribution >= 0.6 is 0 Å². The Balaban J connectivity index is 4.42. The van der Waals surface area contributed by atoms with Gasteiger partial charge in [-0.05, 0) is 51.4 Å². The average molecular weight is 551 g/mol. The highest BCUT2D eigenvalue weighted by Crippen LogP contribution is 2.17. The van der Waals surface area contributed by atoms with Gasteiger partial charge in [0.05, 0.1) is 24.4 Å². The third-order valence-corrected chi connectivity index (χ3v) is 6.97. The summed E-state index contributed by atoms with van der Waals surface area (Å²) in [5.41, 5.74) is 0. The van der Waals surface area contributed by atoms with Gasteiger partial charge in [0.2, 0.25) is 0 Å². The smallest absolute Gasteiger partial charge is 0.149 e. The van der Waals surface area contributed by atoms with Crippen LogP contribution in [0.15, 0.2) is 0 Å². The zero-order valence-corrected chi connectivity index (χ0v) is 26.0. The number of aliphatic hydroxyl groups excluding tert-OH is 2. The molecule has 4 atom stereocenters. The Kier molecular flexibility index (Phi) is 29.1. The molecule has 0 aromatic heterocycles. The van der Waals surface area contributed by atoms with Crippen molar-refractivity contribution in [1.82, 2.24) is 0 Å². The Morgan fingerprint density at radius 2 is 0.872 bits per heavy atom. The van der Waals surface area contributed by atoms with Gasteiger partial charge in [-0.2, -0.15) is 0 Å². The molecule has 2 N–H and O–H groups in total. The quantitative estimate of drug-likeness (QED) is 0.0644. The Labute approximate surface area is 242 Å². The van der Waals surface area contributed by atoms with Gasteiger partial charge >= 0.3 is 0 Å². The Morgan fingerprint density at radius 1 is 0.487 bits per heavy atom. The van der Waals surface area contributed by atoms with Crippen molar-refractivity contribution in [2.75, 3.05) is 13.6 Å². The Morgan fingerprint density at radius 3 is 1.26 bits per heavy atom. The van der Waals surface area contributed by atoms with E-state index in [1.54, 1.807) is 0 Å². The third-order valence-electron chi connectivity index (χ3n) is 6.97. The highest BCUT2D eigenvalue weighted by Gasteiger charge is 2.12. The standard InChI is InChI=1S/C34H62O5/c1-5-9-13-15-25-33(27-19-17-23-31(35)21-11-7-3)38-29-37-30-39-34(26-16-14-10-6-2)28-20-18-24-32(36)22-12-8-4/h31-36H,5-8,11-12,15-30H2,1-4H3. The first-order valence-electron chi connectivity index (χ1n) is 16.2. The molecule has 0 rings (SSSR count). The maximum Gasteiger partial charge on any atom is 0.149 e. The Hall–Kier alpha value is -1.08. The number of ether oxygens (including phenoxy) is 3. The van der Waals surface area contributed by atoms with Crippen molar-refractivity contribution in [3.63, 3.8) is 0 Å². The van der Waals surface area contributed by atoms with Crippen LogP contribution in [0.3, 0.4) is 0 Å². The molecule has 0 aliphatic heterocycles. The normalized spacial score (nSPS) is 14.1. The molecule has 5 nitrogen and oxygen atoms in total. The molecular formula is C34H62O5. The lowest BCUT2D eigenvalue weighted by molar-refractivity contribution is -0.167. The molecule has 0 heterocycles. The van der Waals surface area contributed by atoms with Gasteiger partial charge < -0.3 is 24.4 Å². The molecule has 0 fully saturated rings. The maximum atomic E-state index is 10.1. The van der Waals surface area contributed by atoms with E-state index in [-0.39, 0.29) is 38.0 Å². The summed E-state index contributed by atoms with van der Waals surface area (Å²) in [5, 5.41) is 20.2. The van der Waals surface area contributed by atoms with Gasteiger partial charge in [0, 0.05) is 25.7 Å². The highest BCUT2D eigenvalue weighted by atomic mass is 16.7. The summed E-state index contributed by atoms with van der Waals surface area (Å²) >= 11 is 0. The molecule has 4 unspecified atom stereocenters. The summed E-state index contributed by atoms with van der Waals surface area (Å²) in [6.07, 6.45) is 19.2. The first-order chi connectivity index (χ1) is 19.1. The van der Waals surface area contributed by atoms with Gasteiger partial charge in [-0.1, -0.05) is 79.1 Å². The summed E-state index contributed by atoms with van der Waals surface area (Å²) in [4.78, 5) is 0. The fourth-order valence-corrected chi connectivity index (χ4v) is 4.51. The van der Waals surface area contributed by atoms with Gasteiger partial charge in [-0.25, -0.2) is 0 Å². The van der Waals surface area contributed by atoms with Gasteiger partial charge in [0.25, 0.3) is 0 Å². The summed E-state index contributed by atoms with van der Waals surface area (Å²) in [6.45, 7) is 8.90. The van der Waals surface area contributed by atoms with Crippen LogP contribution in [-0.2, 0) is 14.2 Å². The number of hydrogen-bond donors (Lipinski definition) is 2. The molecule has 0 saturated carbocycles. The van der Waals surface area contributed by atoms with Crippen LogP contribution in [0.2, 0.25) is 0 Å². The van der Waals surface area contributed by atoms with Crippen LogP contribution < -0.4 is 0 Å². The van der Waals surface area contributed by atoms with E-state index in [0.717, 1.165) is 128 Å². The van der Waals surface area contributed by atoms with E-state index in [9.17, 15) is 10.2 Å². The molecule has 0 aromatic rings. The summed E-state index contributed by atoms with van der Waals surface area (Å²) < 4.78 is 17.9. The molecule has 0 aliphatic rings. The van der Waals surface area contributed by atoms with Crippen molar-refractivity contribution in [3.8, 4) is 23.7 Å². The minimum Gasteiger partial charge on any atom is -0.393 e. The molecule has 39 heavy (non-hydrogen) atoms. The van der Waals surface area contributed by atoms with Gasteiger partial charge in [-0.15, -0.1) is 23.7 Å². The van der Waals surface area contributed by atoms with Crippen molar-refractivity contribution in [2.45, 2.75) is 181 Å². The lowest BCUT2D eigenvalue weighted by Gasteiger charge is -2.20. The van der Waals surface area contributed by atoms with Crippen molar-refractivity contribution < 1.29 is 24.4 Å². The SMILES string of the molecule is CCC#CCCC(CCCCC(O)CCCC)OCOCOC(CCC#CCC)CCCCC(O)CCCC. The second kappa shape index (κ2) is 29.9. The van der Waals surface area contributed by atoms with Crippen molar-refractivity contribution in [1.29, 1.82) is 0 Å². The first kappa shape index (κ1) is 37.9. The van der Waals surface area contributed by atoms with E-state index >= 15 is 0 Å². The predicted molar refractivity (Wildman–Crippen MR) is 163 cm³/mol. The predicted octanol–water partition coefficient (Wildman–Crippen LogP) is 8.30. The molecule has 0 radical (unpaired) electrons. The minimum absolute atomic E-state index is 0.114. The topological polar surface area (TPSA) is 68.2 Å². The molecule has 0 aliphatic carbocycles. The lowest BCUT2D eigenvalue weighted by atomic mass is 10.0. The number of hydrogen-bond acceptors (Lipinski definition) is 5. The highest BCUT2D eigenvalue weighted by molar-refractivity contribution is 4.98. The van der Waals surface area contributed by atoms with E-state index in [1.165, 1.54) is 0 Å². The number of rotatable bonds is 26. The minimum atomic E-state index is -0.174. The Bertz CT molecular complexity index is 575. The van der Waals surface area contributed by atoms with Gasteiger partial charge in [0.15, 0.2) is 0 Å². The molecule has 228 valence electrons. The lowest BCUT2D eigenvalue weighted by Crippen LogP contribution is -2.19. The van der Waals surface area contributed by atoms with E-state index in [2.05, 4.69) is 51.4 Å². The van der Waals surface area contributed by atoms with E-state index in [0.29, 0.717) is 0 Å². The molecule has 5 heteroatoms. The van der Waals surface area contributed by atoms with Crippen LogP contribution in [0.25, 0.3) is 0 Å². The fraction of sp³-hybridized carbons (Fsp3) is 0.882. The molecular weight excluding hydrogens is 488 g/mol. The zero-order valence-electron chi connectivity index (χ0n) is 26.0. The molecule has 0 amide bonds. The first-order valence-corrected chi connectivity index (χ1v) is 16.2. The second-order valence-electron chi connectivity index (χ2n) is 10.7. The molecule has 0 spiro atoms. The van der Waals surface area contributed by atoms with Crippen molar-refractivity contribution in [3.05, 3.63) is 0 Å². The fourth-order valence-electron chi connectivity index (χ4n) is 4.51. The van der Waals surface area contributed by atoms with E-state index in [1.807, 2.05) is 0 Å². The largest absolute Gasteiger partial charge is 0.393 e. The van der Waals surface area contributed by atoms with E-state index in [4.69, 9.17) is 14.2 Å². The maximum absolute atomic E-state index is 10.1. The van der Waals surface area contributed by atoms with Crippen LogP contribution in [0.5, 0.6) is 0 Å². The van der Waals surface area contributed by atoms with Crippen LogP contribution in [0.1, 0.15) is 156 Å². The van der Waals surface area contributed by atoms with Crippen LogP contribution in [0, 0.1) is 23.7 Å². The van der Waals surface area contributed by atoms with Gasteiger partial charge in [0.1, 0.15) is 13.6 Å². The average Bonchev–Trinajstić information content (AvgIpc) is 2.94. The van der Waals surface area contributed by atoms with Crippen LogP contribution in [-0.4, -0.2) is 48.2 Å². The van der Waals surface area contributed by atoms with Crippen molar-refractivity contribution in [2.24, 2.45) is 0 Å². The van der Waals surface area contributed by atoms with Gasteiger partial charge in [-0.3, -0.25) is 0 Å². The van der Waals surface area contributed by atoms with Crippen molar-refractivity contribution >= 4 is 0 Å². The zero-order chi connectivity index (χ0) is 28.8. The summed E-state index contributed by atoms with van der Waals surface area (Å²) in [5.74, 6) is 12.7.